The average Bonchev–Trinajstić information content (AvgIpc) is 1.98. The SMILES string of the molecule is OCCCCCC(O)CO. The number of aliphatic hydroxyl groups is 3. The number of rotatable bonds is 6. The molecule has 0 rings (SSSR count). The standard InChI is InChI=1S/C7H16O3/c8-5-3-1-2-4-7(10)6-9/h7-10H,1-6H2. The van der Waals surface area contributed by atoms with Crippen LogP contribution in [0.3, 0.4) is 0 Å². The van der Waals surface area contributed by atoms with E-state index in [9.17, 15) is 0 Å². The lowest BCUT2D eigenvalue weighted by molar-refractivity contribution is 0.0856. The van der Waals surface area contributed by atoms with Crippen molar-refractivity contribution in [2.24, 2.45) is 0 Å². The summed E-state index contributed by atoms with van der Waals surface area (Å²) in [4.78, 5) is 0. The van der Waals surface area contributed by atoms with Gasteiger partial charge < -0.3 is 15.3 Å². The Labute approximate surface area is 61.3 Å². The summed E-state index contributed by atoms with van der Waals surface area (Å²) in [5.74, 6) is 0. The molecule has 0 amide bonds. The van der Waals surface area contributed by atoms with Crippen molar-refractivity contribution in [3.63, 3.8) is 0 Å². The van der Waals surface area contributed by atoms with Gasteiger partial charge in [0.05, 0.1) is 12.7 Å². The summed E-state index contributed by atoms with van der Waals surface area (Å²) in [5, 5.41) is 25.6. The first-order valence-corrected chi connectivity index (χ1v) is 3.71. The number of aliphatic hydroxyl groups excluding tert-OH is 3. The average molecular weight is 148 g/mol. The molecule has 3 heteroatoms. The highest BCUT2D eigenvalue weighted by Crippen LogP contribution is 2.02. The lowest BCUT2D eigenvalue weighted by Crippen LogP contribution is -2.11. The Kier molecular flexibility index (Phi) is 6.91. The second-order valence-corrected chi connectivity index (χ2v) is 2.41. The Balaban J connectivity index is 2.89. The molecule has 0 bridgehead atoms. The van der Waals surface area contributed by atoms with Gasteiger partial charge in [0.15, 0.2) is 0 Å². The minimum atomic E-state index is -0.571. The van der Waals surface area contributed by atoms with E-state index in [0.717, 1.165) is 19.3 Å². The van der Waals surface area contributed by atoms with Crippen molar-refractivity contribution in [1.29, 1.82) is 0 Å². The number of hydrogen-bond acceptors (Lipinski definition) is 3. The van der Waals surface area contributed by atoms with Crippen molar-refractivity contribution in [2.75, 3.05) is 13.2 Å². The van der Waals surface area contributed by atoms with E-state index in [4.69, 9.17) is 15.3 Å². The maximum absolute atomic E-state index is 8.84. The Morgan fingerprint density at radius 3 is 2.20 bits per heavy atom. The Morgan fingerprint density at radius 2 is 1.70 bits per heavy atom. The topological polar surface area (TPSA) is 60.7 Å². The zero-order valence-electron chi connectivity index (χ0n) is 6.16. The third-order valence-electron chi connectivity index (χ3n) is 1.41. The van der Waals surface area contributed by atoms with Crippen LogP contribution in [0.4, 0.5) is 0 Å². The van der Waals surface area contributed by atoms with E-state index in [1.165, 1.54) is 0 Å². The van der Waals surface area contributed by atoms with Crippen LogP contribution in [-0.4, -0.2) is 34.6 Å². The van der Waals surface area contributed by atoms with Crippen LogP contribution in [0.5, 0.6) is 0 Å². The molecule has 3 nitrogen and oxygen atoms in total. The van der Waals surface area contributed by atoms with Gasteiger partial charge in [0.1, 0.15) is 0 Å². The van der Waals surface area contributed by atoms with Gasteiger partial charge >= 0.3 is 0 Å². The van der Waals surface area contributed by atoms with Gasteiger partial charge in [0.2, 0.25) is 0 Å². The van der Waals surface area contributed by atoms with E-state index in [-0.39, 0.29) is 13.2 Å². The molecule has 1 unspecified atom stereocenters. The smallest absolute Gasteiger partial charge is 0.0770 e. The molecule has 0 aromatic heterocycles. The second kappa shape index (κ2) is 6.99. The molecule has 10 heavy (non-hydrogen) atoms. The highest BCUT2D eigenvalue weighted by atomic mass is 16.3. The van der Waals surface area contributed by atoms with E-state index in [1.54, 1.807) is 0 Å². The van der Waals surface area contributed by atoms with Crippen molar-refractivity contribution in [3.8, 4) is 0 Å². The molecule has 0 aromatic rings. The first-order valence-electron chi connectivity index (χ1n) is 3.71. The Bertz CT molecular complexity index is 65.9. The summed E-state index contributed by atoms with van der Waals surface area (Å²) in [6.45, 7) is 0.0638. The van der Waals surface area contributed by atoms with Crippen LogP contribution >= 0.6 is 0 Å². The summed E-state index contributed by atoms with van der Waals surface area (Å²) in [6, 6.07) is 0. The molecule has 0 radical (unpaired) electrons. The normalized spacial score (nSPS) is 13.5. The molecule has 1 atom stereocenters. The fraction of sp³-hybridized carbons (Fsp3) is 1.00. The molecule has 0 saturated carbocycles. The third kappa shape index (κ3) is 6.01. The highest BCUT2D eigenvalue weighted by Gasteiger charge is 1.99. The maximum atomic E-state index is 8.84. The summed E-state index contributed by atoms with van der Waals surface area (Å²) in [5.41, 5.74) is 0. The van der Waals surface area contributed by atoms with Gasteiger partial charge in [-0.25, -0.2) is 0 Å². The molecule has 0 aliphatic carbocycles. The van der Waals surface area contributed by atoms with E-state index in [2.05, 4.69) is 0 Å². The largest absolute Gasteiger partial charge is 0.396 e. The minimum absolute atomic E-state index is 0.154. The minimum Gasteiger partial charge on any atom is -0.396 e. The molecular formula is C7H16O3. The Morgan fingerprint density at radius 1 is 1.00 bits per heavy atom. The zero-order valence-corrected chi connectivity index (χ0v) is 6.16. The van der Waals surface area contributed by atoms with Crippen LogP contribution in [0.15, 0.2) is 0 Å². The van der Waals surface area contributed by atoms with Crippen molar-refractivity contribution >= 4 is 0 Å². The zero-order chi connectivity index (χ0) is 7.82. The molecule has 0 spiro atoms. The van der Waals surface area contributed by atoms with E-state index < -0.39 is 6.10 Å². The van der Waals surface area contributed by atoms with Gasteiger partial charge in [0, 0.05) is 6.61 Å². The molecule has 0 fully saturated rings. The molecule has 0 aromatic carbocycles. The van der Waals surface area contributed by atoms with Crippen molar-refractivity contribution in [1.82, 2.24) is 0 Å². The quantitative estimate of drug-likeness (QED) is 0.461. The van der Waals surface area contributed by atoms with Crippen LogP contribution in [0, 0.1) is 0 Å². The summed E-state index contributed by atoms with van der Waals surface area (Å²) in [7, 11) is 0. The van der Waals surface area contributed by atoms with Gasteiger partial charge in [-0.15, -0.1) is 0 Å². The van der Waals surface area contributed by atoms with Crippen molar-refractivity contribution in [3.05, 3.63) is 0 Å². The predicted molar refractivity (Wildman–Crippen MR) is 38.6 cm³/mol. The lowest BCUT2D eigenvalue weighted by Gasteiger charge is -2.04. The van der Waals surface area contributed by atoms with E-state index >= 15 is 0 Å². The van der Waals surface area contributed by atoms with Gasteiger partial charge in [-0.05, 0) is 12.8 Å². The third-order valence-corrected chi connectivity index (χ3v) is 1.41. The molecule has 0 aliphatic rings. The first-order chi connectivity index (χ1) is 4.81. The molecule has 3 N–H and O–H groups in total. The second-order valence-electron chi connectivity index (χ2n) is 2.41. The van der Waals surface area contributed by atoms with Crippen molar-refractivity contribution in [2.45, 2.75) is 31.8 Å². The van der Waals surface area contributed by atoms with E-state index in [1.807, 2.05) is 0 Å². The first kappa shape index (κ1) is 9.88. The molecular weight excluding hydrogens is 132 g/mol. The van der Waals surface area contributed by atoms with Crippen LogP contribution < -0.4 is 0 Å². The molecule has 0 heterocycles. The van der Waals surface area contributed by atoms with Crippen LogP contribution in [-0.2, 0) is 0 Å². The molecule has 0 aliphatic heterocycles. The fourth-order valence-electron chi connectivity index (χ4n) is 0.760. The lowest BCUT2D eigenvalue weighted by atomic mass is 10.1. The summed E-state index contributed by atoms with van der Waals surface area (Å²) >= 11 is 0. The van der Waals surface area contributed by atoms with Gasteiger partial charge in [-0.2, -0.15) is 0 Å². The monoisotopic (exact) mass is 148 g/mol. The van der Waals surface area contributed by atoms with Crippen molar-refractivity contribution < 1.29 is 15.3 Å². The van der Waals surface area contributed by atoms with Crippen LogP contribution in [0.25, 0.3) is 0 Å². The Hall–Kier alpha value is -0.120. The predicted octanol–water partition coefficient (Wildman–Crippen LogP) is -0.108. The van der Waals surface area contributed by atoms with E-state index in [0.29, 0.717) is 6.42 Å². The summed E-state index contributed by atoms with van der Waals surface area (Å²) < 4.78 is 0. The van der Waals surface area contributed by atoms with Gasteiger partial charge in [-0.3, -0.25) is 0 Å². The van der Waals surface area contributed by atoms with Gasteiger partial charge in [0.25, 0.3) is 0 Å². The maximum Gasteiger partial charge on any atom is 0.0770 e. The summed E-state index contributed by atoms with van der Waals surface area (Å²) in [6.07, 6.45) is 2.66. The highest BCUT2D eigenvalue weighted by molar-refractivity contribution is 4.52. The van der Waals surface area contributed by atoms with Crippen LogP contribution in [0.2, 0.25) is 0 Å². The fourth-order valence-corrected chi connectivity index (χ4v) is 0.760. The number of unbranched alkanes of at least 4 members (excludes halogenated alkanes) is 2. The number of hydrogen-bond donors (Lipinski definition) is 3. The molecule has 0 saturated heterocycles. The molecule has 62 valence electrons. The van der Waals surface area contributed by atoms with Crippen LogP contribution in [0.1, 0.15) is 25.7 Å². The van der Waals surface area contributed by atoms with Gasteiger partial charge in [-0.1, -0.05) is 12.8 Å².